The Kier molecular flexibility index (Phi) is 7.09. The minimum absolute atomic E-state index is 0.793. The molecule has 1 aliphatic rings. The normalized spacial score (nSPS) is 21.5. The maximum absolute atomic E-state index is 4.75. The highest BCUT2D eigenvalue weighted by atomic mass is 15.3. The number of piperidine rings is 1. The third-order valence-electron chi connectivity index (χ3n) is 3.57. The first-order valence-electron chi connectivity index (χ1n) is 7.39. The highest BCUT2D eigenvalue weighted by molar-refractivity contribution is 5.80. The smallest absolute Gasteiger partial charge is 0.193 e. The maximum Gasteiger partial charge on any atom is 0.193 e. The number of hydrogen-bond donors (Lipinski definition) is 1. The van der Waals surface area contributed by atoms with E-state index in [1.54, 1.807) is 0 Å². The van der Waals surface area contributed by atoms with Crippen LogP contribution in [0.25, 0.3) is 0 Å². The van der Waals surface area contributed by atoms with Gasteiger partial charge in [0.25, 0.3) is 0 Å². The summed E-state index contributed by atoms with van der Waals surface area (Å²) in [6, 6.07) is 0. The van der Waals surface area contributed by atoms with E-state index >= 15 is 0 Å². The van der Waals surface area contributed by atoms with E-state index in [-0.39, 0.29) is 0 Å². The van der Waals surface area contributed by atoms with Crippen molar-refractivity contribution in [3.8, 4) is 0 Å². The SMILES string of the molecule is CCNC(=NCCN(C)CC)N1CCCC(C)C1. The summed E-state index contributed by atoms with van der Waals surface area (Å²) in [7, 11) is 2.14. The predicted molar refractivity (Wildman–Crippen MR) is 79.1 cm³/mol. The molecule has 0 amide bonds. The second-order valence-corrected chi connectivity index (χ2v) is 5.32. The fourth-order valence-corrected chi connectivity index (χ4v) is 2.29. The molecule has 4 heteroatoms. The van der Waals surface area contributed by atoms with Gasteiger partial charge in [-0.3, -0.25) is 4.99 Å². The number of nitrogens with one attached hydrogen (secondary N) is 1. The summed E-state index contributed by atoms with van der Waals surface area (Å²) >= 11 is 0. The molecule has 106 valence electrons. The van der Waals surface area contributed by atoms with E-state index in [0.29, 0.717) is 0 Å². The van der Waals surface area contributed by atoms with Crippen LogP contribution < -0.4 is 5.32 Å². The largest absolute Gasteiger partial charge is 0.357 e. The van der Waals surface area contributed by atoms with Gasteiger partial charge >= 0.3 is 0 Å². The van der Waals surface area contributed by atoms with Crippen molar-refractivity contribution in [1.82, 2.24) is 15.1 Å². The van der Waals surface area contributed by atoms with Gasteiger partial charge in [0.05, 0.1) is 6.54 Å². The molecular formula is C14H30N4. The zero-order valence-electron chi connectivity index (χ0n) is 12.6. The van der Waals surface area contributed by atoms with E-state index in [0.717, 1.165) is 51.1 Å². The second kappa shape index (κ2) is 8.35. The van der Waals surface area contributed by atoms with Crippen molar-refractivity contribution in [2.45, 2.75) is 33.6 Å². The zero-order chi connectivity index (χ0) is 13.4. The Labute approximate surface area is 112 Å². The molecule has 1 N–H and O–H groups in total. The lowest BCUT2D eigenvalue weighted by Crippen LogP contribution is -2.46. The number of aliphatic imine (C=N–C) groups is 1. The van der Waals surface area contributed by atoms with Crippen LogP contribution in [-0.4, -0.2) is 62.1 Å². The lowest BCUT2D eigenvalue weighted by atomic mass is 10.0. The van der Waals surface area contributed by atoms with Crippen molar-refractivity contribution < 1.29 is 0 Å². The van der Waals surface area contributed by atoms with E-state index in [4.69, 9.17) is 4.99 Å². The number of nitrogens with zero attached hydrogens (tertiary/aromatic N) is 3. The van der Waals surface area contributed by atoms with Crippen molar-refractivity contribution in [3.05, 3.63) is 0 Å². The molecule has 0 saturated carbocycles. The van der Waals surface area contributed by atoms with E-state index < -0.39 is 0 Å². The van der Waals surface area contributed by atoms with E-state index in [2.05, 4.69) is 42.9 Å². The summed E-state index contributed by atoms with van der Waals surface area (Å²) in [5.74, 6) is 1.90. The fraction of sp³-hybridized carbons (Fsp3) is 0.929. The molecule has 0 bridgehead atoms. The molecule has 1 unspecified atom stereocenters. The molecule has 1 fully saturated rings. The lowest BCUT2D eigenvalue weighted by Gasteiger charge is -2.33. The monoisotopic (exact) mass is 254 g/mol. The van der Waals surface area contributed by atoms with Gasteiger partial charge in [0.15, 0.2) is 5.96 Å². The van der Waals surface area contributed by atoms with E-state index in [9.17, 15) is 0 Å². The standard InChI is InChI=1S/C14H30N4/c1-5-15-14(16-9-11-17(4)6-2)18-10-7-8-13(3)12-18/h13H,5-12H2,1-4H3,(H,15,16). The van der Waals surface area contributed by atoms with E-state index in [1.165, 1.54) is 12.8 Å². The zero-order valence-corrected chi connectivity index (χ0v) is 12.6. The van der Waals surface area contributed by atoms with Gasteiger partial charge in [-0.2, -0.15) is 0 Å². The molecule has 1 heterocycles. The topological polar surface area (TPSA) is 30.9 Å². The Morgan fingerprint density at radius 2 is 2.22 bits per heavy atom. The summed E-state index contributed by atoms with van der Waals surface area (Å²) in [6.07, 6.45) is 2.65. The average Bonchev–Trinajstić information content (AvgIpc) is 2.37. The first-order valence-corrected chi connectivity index (χ1v) is 7.39. The van der Waals surface area contributed by atoms with Gasteiger partial charge in [0.2, 0.25) is 0 Å². The number of rotatable bonds is 5. The van der Waals surface area contributed by atoms with Gasteiger partial charge in [-0.15, -0.1) is 0 Å². The summed E-state index contributed by atoms with van der Waals surface area (Å²) in [4.78, 5) is 9.47. The summed E-state index contributed by atoms with van der Waals surface area (Å²) in [5, 5.41) is 3.42. The molecule has 0 aromatic rings. The van der Waals surface area contributed by atoms with Crippen LogP contribution in [0.15, 0.2) is 4.99 Å². The molecule has 1 rings (SSSR count). The minimum Gasteiger partial charge on any atom is -0.357 e. The molecule has 0 spiro atoms. The Morgan fingerprint density at radius 1 is 1.44 bits per heavy atom. The third kappa shape index (κ3) is 5.25. The molecule has 0 radical (unpaired) electrons. The van der Waals surface area contributed by atoms with Crippen LogP contribution in [-0.2, 0) is 0 Å². The Bertz CT molecular complexity index is 252. The van der Waals surface area contributed by atoms with Gasteiger partial charge in [0, 0.05) is 26.2 Å². The summed E-state index contributed by atoms with van der Waals surface area (Å²) in [5.41, 5.74) is 0. The molecule has 1 aliphatic heterocycles. The highest BCUT2D eigenvalue weighted by Gasteiger charge is 2.18. The van der Waals surface area contributed by atoms with Crippen LogP contribution in [0.2, 0.25) is 0 Å². The van der Waals surface area contributed by atoms with Crippen LogP contribution >= 0.6 is 0 Å². The quantitative estimate of drug-likeness (QED) is 0.598. The van der Waals surface area contributed by atoms with Crippen molar-refractivity contribution >= 4 is 5.96 Å². The third-order valence-corrected chi connectivity index (χ3v) is 3.57. The Hall–Kier alpha value is -0.770. The number of guanidine groups is 1. The highest BCUT2D eigenvalue weighted by Crippen LogP contribution is 2.15. The number of likely N-dealkylation sites (tertiary alicyclic amines) is 1. The fourth-order valence-electron chi connectivity index (χ4n) is 2.29. The van der Waals surface area contributed by atoms with Crippen molar-refractivity contribution in [2.75, 3.05) is 46.3 Å². The average molecular weight is 254 g/mol. The van der Waals surface area contributed by atoms with Crippen LogP contribution in [0.5, 0.6) is 0 Å². The van der Waals surface area contributed by atoms with Crippen LogP contribution in [0.4, 0.5) is 0 Å². The molecule has 0 aliphatic carbocycles. The summed E-state index contributed by atoms with van der Waals surface area (Å²) < 4.78 is 0. The second-order valence-electron chi connectivity index (χ2n) is 5.32. The van der Waals surface area contributed by atoms with Gasteiger partial charge in [-0.1, -0.05) is 13.8 Å². The van der Waals surface area contributed by atoms with Crippen LogP contribution in [0, 0.1) is 5.92 Å². The molecule has 1 saturated heterocycles. The molecule has 18 heavy (non-hydrogen) atoms. The molecule has 1 atom stereocenters. The number of likely N-dealkylation sites (N-methyl/N-ethyl adjacent to an activating group) is 1. The molecule has 4 nitrogen and oxygen atoms in total. The van der Waals surface area contributed by atoms with Gasteiger partial charge < -0.3 is 15.1 Å². The first kappa shape index (κ1) is 15.3. The van der Waals surface area contributed by atoms with Crippen LogP contribution in [0.1, 0.15) is 33.6 Å². The van der Waals surface area contributed by atoms with Crippen molar-refractivity contribution in [2.24, 2.45) is 10.9 Å². The molecule has 0 aromatic heterocycles. The Morgan fingerprint density at radius 3 is 2.83 bits per heavy atom. The lowest BCUT2D eigenvalue weighted by molar-refractivity contribution is 0.265. The molecule has 0 aromatic carbocycles. The van der Waals surface area contributed by atoms with Crippen molar-refractivity contribution in [1.29, 1.82) is 0 Å². The number of hydrogen-bond acceptors (Lipinski definition) is 2. The van der Waals surface area contributed by atoms with E-state index in [1.807, 2.05) is 0 Å². The van der Waals surface area contributed by atoms with Gasteiger partial charge in [-0.05, 0) is 39.3 Å². The summed E-state index contributed by atoms with van der Waals surface area (Å²) in [6.45, 7) is 12.9. The maximum atomic E-state index is 4.75. The van der Waals surface area contributed by atoms with Gasteiger partial charge in [0.1, 0.15) is 0 Å². The van der Waals surface area contributed by atoms with Crippen molar-refractivity contribution in [3.63, 3.8) is 0 Å². The van der Waals surface area contributed by atoms with Crippen LogP contribution in [0.3, 0.4) is 0 Å². The van der Waals surface area contributed by atoms with Gasteiger partial charge in [-0.25, -0.2) is 0 Å². The minimum atomic E-state index is 0.793. The first-order chi connectivity index (χ1) is 8.67. The Balaban J connectivity index is 2.49. The predicted octanol–water partition coefficient (Wildman–Crippen LogP) is 1.64. The molecular weight excluding hydrogens is 224 g/mol.